The van der Waals surface area contributed by atoms with Crippen LogP contribution in [0.3, 0.4) is 0 Å². The summed E-state index contributed by atoms with van der Waals surface area (Å²) < 4.78 is 0. The van der Waals surface area contributed by atoms with E-state index in [4.69, 9.17) is 0 Å². The fourth-order valence-corrected chi connectivity index (χ4v) is 6.72. The fraction of sp³-hybridized carbons (Fsp3) is 0.565. The number of ketones is 2. The van der Waals surface area contributed by atoms with Crippen molar-refractivity contribution in [2.24, 2.45) is 0 Å². The van der Waals surface area contributed by atoms with E-state index in [0.29, 0.717) is 0 Å². The Morgan fingerprint density at radius 3 is 0.821 bits per heavy atom. The maximum atomic E-state index is 13.4. The van der Waals surface area contributed by atoms with Crippen molar-refractivity contribution in [3.8, 4) is 0 Å². The molecule has 0 atom stereocenters. The molecule has 1 aromatic carbocycles. The molecule has 0 unspecified atom stereocenters. The zero-order valence-electron chi connectivity index (χ0n) is 33.8. The number of carbonyl (C=O) groups is 6. The number of aromatic carboxylic acids is 4. The Bertz CT molecular complexity index is 1360. The number of allylic oxidation sites excluding steroid dienone is 8. The number of carboxylic acid groups (broad SMARTS) is 4. The third-order valence-electron chi connectivity index (χ3n) is 9.73. The van der Waals surface area contributed by atoms with Crippen LogP contribution in [0.15, 0.2) is 48.6 Å². The number of carbonyl (C=O) groups excluding carboxylic acids is 2. The zero-order valence-corrected chi connectivity index (χ0v) is 33.8. The normalized spacial score (nSPS) is 11.8. The van der Waals surface area contributed by atoms with E-state index in [1.807, 2.05) is 12.2 Å². The lowest BCUT2D eigenvalue weighted by Gasteiger charge is -2.18. The maximum Gasteiger partial charge on any atom is 0.337 e. The predicted molar refractivity (Wildman–Crippen MR) is 222 cm³/mol. The van der Waals surface area contributed by atoms with E-state index in [1.165, 1.54) is 127 Å². The van der Waals surface area contributed by atoms with Crippen molar-refractivity contribution in [1.82, 2.24) is 0 Å². The lowest BCUT2D eigenvalue weighted by Crippen LogP contribution is -2.27. The molecular formula is C46H66O10. The second-order valence-electron chi connectivity index (χ2n) is 14.4. The molecule has 10 nitrogen and oxygen atoms in total. The molecule has 0 bridgehead atoms. The minimum Gasteiger partial charge on any atom is -0.478 e. The molecule has 0 aliphatic carbocycles. The van der Waals surface area contributed by atoms with Crippen LogP contribution in [0.5, 0.6) is 0 Å². The SMILES string of the molecule is CCCCCCCCCCCCC=CC=CCC(=O)c1c(C(=O)O)c(C(=O)O)c(C(=O)CC=CC=CCCCCCCCCCCCC)c(C(=O)O)c1C(=O)O. The van der Waals surface area contributed by atoms with Gasteiger partial charge in [0.2, 0.25) is 0 Å². The predicted octanol–water partition coefficient (Wildman–Crippen LogP) is 12.5. The standard InChI is InChI=1S/C46H66O10/c1-3-5-7-9-11-13-15-17-19-21-23-25-27-29-31-33-35(47)37-39(43(49)50)41(45(53)54)38(42(46(55)56)40(37)44(51)52)36(48)34-32-30-28-26-24-22-20-18-16-14-12-10-8-6-4-2/h25-32H,3-24,33-34H2,1-2H3,(H,49,50)(H,51,52)(H,53,54)(H,55,56). The van der Waals surface area contributed by atoms with E-state index in [1.54, 1.807) is 12.2 Å². The second kappa shape index (κ2) is 30.6. The van der Waals surface area contributed by atoms with Gasteiger partial charge in [0, 0.05) is 24.0 Å². The first-order valence-electron chi connectivity index (χ1n) is 20.9. The van der Waals surface area contributed by atoms with Gasteiger partial charge in [0.15, 0.2) is 11.6 Å². The molecule has 4 N–H and O–H groups in total. The number of unbranched alkanes of at least 4 members (excludes halogenated alkanes) is 20. The molecule has 0 aliphatic rings. The van der Waals surface area contributed by atoms with Crippen LogP contribution in [0.25, 0.3) is 0 Å². The summed E-state index contributed by atoms with van der Waals surface area (Å²) in [6, 6.07) is 0. The Morgan fingerprint density at radius 1 is 0.339 bits per heavy atom. The van der Waals surface area contributed by atoms with E-state index < -0.39 is 81.7 Å². The van der Waals surface area contributed by atoms with Gasteiger partial charge in [-0.3, -0.25) is 9.59 Å². The molecule has 0 aliphatic heterocycles. The third kappa shape index (κ3) is 19.3. The van der Waals surface area contributed by atoms with E-state index in [-0.39, 0.29) is 0 Å². The molecule has 1 rings (SSSR count). The number of hydrogen-bond acceptors (Lipinski definition) is 6. The Labute approximate surface area is 333 Å². The van der Waals surface area contributed by atoms with Crippen LogP contribution in [0, 0.1) is 0 Å². The lowest BCUT2D eigenvalue weighted by atomic mass is 9.82. The highest BCUT2D eigenvalue weighted by Gasteiger charge is 2.39. The van der Waals surface area contributed by atoms with Gasteiger partial charge in [-0.1, -0.05) is 178 Å². The second-order valence-corrected chi connectivity index (χ2v) is 14.4. The molecule has 56 heavy (non-hydrogen) atoms. The monoisotopic (exact) mass is 778 g/mol. The summed E-state index contributed by atoms with van der Waals surface area (Å²) in [7, 11) is 0. The van der Waals surface area contributed by atoms with Crippen molar-refractivity contribution < 1.29 is 49.2 Å². The molecule has 310 valence electrons. The molecule has 1 aromatic rings. The Balaban J connectivity index is 3.01. The first kappa shape index (κ1) is 49.4. The molecular weight excluding hydrogens is 712 g/mol. The molecule has 0 spiro atoms. The van der Waals surface area contributed by atoms with Crippen LogP contribution in [0.4, 0.5) is 0 Å². The van der Waals surface area contributed by atoms with Crippen LogP contribution < -0.4 is 0 Å². The largest absolute Gasteiger partial charge is 0.478 e. The molecule has 0 heterocycles. The number of hydrogen-bond donors (Lipinski definition) is 4. The smallest absolute Gasteiger partial charge is 0.337 e. The van der Waals surface area contributed by atoms with Gasteiger partial charge >= 0.3 is 23.9 Å². The Kier molecular flexibility index (Phi) is 27.0. The topological polar surface area (TPSA) is 183 Å². The van der Waals surface area contributed by atoms with Gasteiger partial charge in [0.25, 0.3) is 0 Å². The summed E-state index contributed by atoms with van der Waals surface area (Å²) in [5, 5.41) is 40.3. The van der Waals surface area contributed by atoms with Crippen LogP contribution in [0.2, 0.25) is 0 Å². The first-order valence-corrected chi connectivity index (χ1v) is 20.9. The van der Waals surface area contributed by atoms with Crippen LogP contribution >= 0.6 is 0 Å². The van der Waals surface area contributed by atoms with Gasteiger partial charge in [0.1, 0.15) is 0 Å². The maximum absolute atomic E-state index is 13.4. The highest BCUT2D eigenvalue weighted by atomic mass is 16.4. The first-order chi connectivity index (χ1) is 27.0. The molecule has 0 aromatic heterocycles. The van der Waals surface area contributed by atoms with Crippen molar-refractivity contribution >= 4 is 35.4 Å². The van der Waals surface area contributed by atoms with Crippen molar-refractivity contribution in [3.05, 3.63) is 82.0 Å². The lowest BCUT2D eigenvalue weighted by molar-refractivity contribution is 0.0628. The number of Topliss-reactive ketones (excluding diaryl/α,β-unsaturated/α-hetero) is 2. The van der Waals surface area contributed by atoms with E-state index in [0.717, 1.165) is 38.5 Å². The molecule has 0 amide bonds. The summed E-state index contributed by atoms with van der Waals surface area (Å²) in [5.41, 5.74) is -7.12. The fourth-order valence-electron chi connectivity index (χ4n) is 6.72. The average molecular weight is 779 g/mol. The Morgan fingerprint density at radius 2 is 0.571 bits per heavy atom. The van der Waals surface area contributed by atoms with Gasteiger partial charge in [-0.05, 0) is 25.7 Å². The summed E-state index contributed by atoms with van der Waals surface area (Å²) in [4.78, 5) is 76.7. The van der Waals surface area contributed by atoms with Crippen LogP contribution in [0.1, 0.15) is 230 Å². The van der Waals surface area contributed by atoms with E-state index in [2.05, 4.69) is 13.8 Å². The summed E-state index contributed by atoms with van der Waals surface area (Å²) in [6.07, 6.45) is 37.8. The minimum atomic E-state index is -1.98. The van der Waals surface area contributed by atoms with Gasteiger partial charge < -0.3 is 20.4 Å². The van der Waals surface area contributed by atoms with E-state index >= 15 is 0 Å². The molecule has 0 radical (unpaired) electrons. The summed E-state index contributed by atoms with van der Waals surface area (Å²) in [6.45, 7) is 4.41. The van der Waals surface area contributed by atoms with Crippen LogP contribution in [-0.2, 0) is 0 Å². The van der Waals surface area contributed by atoms with Crippen LogP contribution in [-0.4, -0.2) is 55.9 Å². The zero-order chi connectivity index (χ0) is 41.6. The van der Waals surface area contributed by atoms with Crippen molar-refractivity contribution in [1.29, 1.82) is 0 Å². The van der Waals surface area contributed by atoms with Gasteiger partial charge in [-0.25, -0.2) is 19.2 Å². The van der Waals surface area contributed by atoms with Gasteiger partial charge in [-0.2, -0.15) is 0 Å². The molecule has 0 saturated heterocycles. The molecule has 0 fully saturated rings. The number of carboxylic acids is 4. The highest BCUT2D eigenvalue weighted by Crippen LogP contribution is 2.32. The summed E-state index contributed by atoms with van der Waals surface area (Å²) >= 11 is 0. The number of benzene rings is 1. The highest BCUT2D eigenvalue weighted by molar-refractivity contribution is 6.25. The molecule has 0 saturated carbocycles. The van der Waals surface area contributed by atoms with Crippen molar-refractivity contribution in [2.75, 3.05) is 0 Å². The van der Waals surface area contributed by atoms with Crippen molar-refractivity contribution in [2.45, 2.75) is 168 Å². The van der Waals surface area contributed by atoms with E-state index in [9.17, 15) is 49.2 Å². The quantitative estimate of drug-likeness (QED) is 0.0298. The minimum absolute atomic E-state index is 0.539. The van der Waals surface area contributed by atoms with Gasteiger partial charge in [0.05, 0.1) is 22.3 Å². The molecule has 10 heteroatoms. The van der Waals surface area contributed by atoms with Gasteiger partial charge in [-0.15, -0.1) is 0 Å². The average Bonchev–Trinajstić information content (AvgIpc) is 3.16. The number of rotatable bonds is 34. The summed E-state index contributed by atoms with van der Waals surface area (Å²) in [5.74, 6) is -10.2. The van der Waals surface area contributed by atoms with Crippen molar-refractivity contribution in [3.63, 3.8) is 0 Å². The third-order valence-corrected chi connectivity index (χ3v) is 9.73. The Hall–Kier alpha value is -4.60.